The summed E-state index contributed by atoms with van der Waals surface area (Å²) in [4.78, 5) is 18.0. The molecule has 1 aromatic rings. The van der Waals surface area contributed by atoms with Crippen molar-refractivity contribution in [2.45, 2.75) is 6.42 Å². The molecule has 1 amide bonds. The maximum Gasteiger partial charge on any atom is 0.253 e. The highest BCUT2D eigenvalue weighted by molar-refractivity contribution is 5.98. The Morgan fingerprint density at radius 2 is 2.53 bits per heavy atom. The van der Waals surface area contributed by atoms with E-state index in [4.69, 9.17) is 5.73 Å². The highest BCUT2D eigenvalue weighted by atomic mass is 16.1. The van der Waals surface area contributed by atoms with Crippen molar-refractivity contribution >= 4 is 11.6 Å². The van der Waals surface area contributed by atoms with E-state index in [1.165, 1.54) is 6.20 Å². The number of nitrogen functional groups attached to an aromatic ring is 1. The third-order valence-electron chi connectivity index (χ3n) is 3.14. The number of aromatic nitrogens is 1. The number of anilines is 1. The number of pyridine rings is 1. The molecule has 2 rings (SSSR count). The molecular formula is C12H18N4O. The Morgan fingerprint density at radius 1 is 1.71 bits per heavy atom. The van der Waals surface area contributed by atoms with Crippen LogP contribution in [0.2, 0.25) is 0 Å². The number of nitrogens with one attached hydrogen (secondary N) is 1. The number of carbonyl (C=O) groups is 1. The van der Waals surface area contributed by atoms with Gasteiger partial charge in [0.05, 0.1) is 17.4 Å². The zero-order valence-electron chi connectivity index (χ0n) is 10.0. The molecule has 1 saturated heterocycles. The number of amides is 1. The summed E-state index contributed by atoms with van der Waals surface area (Å²) in [6.45, 7) is 2.87. The molecule has 5 nitrogen and oxygen atoms in total. The van der Waals surface area contributed by atoms with Crippen LogP contribution in [0, 0.1) is 5.92 Å². The molecule has 1 aromatic heterocycles. The van der Waals surface area contributed by atoms with Crippen LogP contribution in [0.25, 0.3) is 0 Å². The molecule has 5 heteroatoms. The molecule has 1 aliphatic heterocycles. The normalized spacial score (nSPS) is 20.4. The average Bonchev–Trinajstić information content (AvgIpc) is 2.73. The van der Waals surface area contributed by atoms with E-state index >= 15 is 0 Å². The van der Waals surface area contributed by atoms with Gasteiger partial charge in [-0.05, 0) is 32.0 Å². The average molecular weight is 234 g/mol. The number of likely N-dealkylation sites (tertiary alicyclic amines) is 1. The fourth-order valence-electron chi connectivity index (χ4n) is 2.14. The van der Waals surface area contributed by atoms with Crippen LogP contribution >= 0.6 is 0 Å². The van der Waals surface area contributed by atoms with Gasteiger partial charge in [-0.3, -0.25) is 9.78 Å². The minimum absolute atomic E-state index is 0.112. The Bertz CT molecular complexity index is 407. The first-order chi connectivity index (χ1) is 8.16. The molecule has 92 valence electrons. The number of rotatable bonds is 3. The van der Waals surface area contributed by atoms with Crippen LogP contribution in [-0.2, 0) is 0 Å². The molecule has 1 aliphatic rings. The van der Waals surface area contributed by atoms with Gasteiger partial charge >= 0.3 is 0 Å². The Hall–Kier alpha value is -1.62. The summed E-state index contributed by atoms with van der Waals surface area (Å²) in [6, 6.07) is 1.64. The molecule has 0 radical (unpaired) electrons. The summed E-state index contributed by atoms with van der Waals surface area (Å²) in [7, 11) is 2.10. The van der Waals surface area contributed by atoms with E-state index in [2.05, 4.69) is 22.2 Å². The Kier molecular flexibility index (Phi) is 3.58. The molecule has 17 heavy (non-hydrogen) atoms. The van der Waals surface area contributed by atoms with E-state index in [-0.39, 0.29) is 5.91 Å². The smallest absolute Gasteiger partial charge is 0.253 e. The van der Waals surface area contributed by atoms with Crippen molar-refractivity contribution in [3.63, 3.8) is 0 Å². The highest BCUT2D eigenvalue weighted by Crippen LogP contribution is 2.14. The van der Waals surface area contributed by atoms with E-state index in [0.717, 1.165) is 19.5 Å². The highest BCUT2D eigenvalue weighted by Gasteiger charge is 2.20. The van der Waals surface area contributed by atoms with Gasteiger partial charge in [-0.1, -0.05) is 0 Å². The van der Waals surface area contributed by atoms with Crippen molar-refractivity contribution in [3.05, 3.63) is 24.0 Å². The Balaban J connectivity index is 1.88. The second-order valence-corrected chi connectivity index (χ2v) is 4.59. The van der Waals surface area contributed by atoms with E-state index in [9.17, 15) is 4.79 Å². The minimum Gasteiger partial charge on any atom is -0.397 e. The quantitative estimate of drug-likeness (QED) is 0.791. The molecule has 0 aliphatic carbocycles. The van der Waals surface area contributed by atoms with Gasteiger partial charge in [-0.2, -0.15) is 0 Å². The summed E-state index contributed by atoms with van der Waals surface area (Å²) in [5, 5.41) is 2.93. The standard InChI is InChI=1S/C12H18N4O/c1-16-5-3-9(8-16)6-15-12(17)10-2-4-14-7-11(10)13/h2,4,7,9H,3,5-6,8,13H2,1H3,(H,15,17). The summed E-state index contributed by atoms with van der Waals surface area (Å²) >= 11 is 0. The van der Waals surface area contributed by atoms with Crippen molar-refractivity contribution in [1.82, 2.24) is 15.2 Å². The number of nitrogens with two attached hydrogens (primary N) is 1. The molecule has 3 N–H and O–H groups in total. The lowest BCUT2D eigenvalue weighted by atomic mass is 10.1. The van der Waals surface area contributed by atoms with Crippen LogP contribution in [0.4, 0.5) is 5.69 Å². The number of carbonyl (C=O) groups excluding carboxylic acids is 1. The van der Waals surface area contributed by atoms with E-state index < -0.39 is 0 Å². The van der Waals surface area contributed by atoms with Crippen LogP contribution in [0.1, 0.15) is 16.8 Å². The molecule has 0 aromatic carbocycles. The van der Waals surface area contributed by atoms with E-state index in [1.807, 2.05) is 0 Å². The van der Waals surface area contributed by atoms with Crippen LogP contribution in [0.3, 0.4) is 0 Å². The lowest BCUT2D eigenvalue weighted by Gasteiger charge is -2.12. The third kappa shape index (κ3) is 2.94. The topological polar surface area (TPSA) is 71.2 Å². The number of hydrogen-bond donors (Lipinski definition) is 2. The number of nitrogens with zero attached hydrogens (tertiary/aromatic N) is 2. The third-order valence-corrected chi connectivity index (χ3v) is 3.14. The van der Waals surface area contributed by atoms with E-state index in [0.29, 0.717) is 23.7 Å². The van der Waals surface area contributed by atoms with Gasteiger partial charge in [0.25, 0.3) is 5.91 Å². The second-order valence-electron chi connectivity index (χ2n) is 4.59. The Labute approximate surface area is 101 Å². The molecule has 2 heterocycles. The summed E-state index contributed by atoms with van der Waals surface area (Å²) < 4.78 is 0. The summed E-state index contributed by atoms with van der Waals surface area (Å²) in [6.07, 6.45) is 4.22. The van der Waals surface area contributed by atoms with Crippen molar-refractivity contribution in [1.29, 1.82) is 0 Å². The lowest BCUT2D eigenvalue weighted by molar-refractivity contribution is 0.0948. The zero-order valence-corrected chi connectivity index (χ0v) is 10.0. The summed E-state index contributed by atoms with van der Waals surface area (Å²) in [5.41, 5.74) is 6.63. The monoisotopic (exact) mass is 234 g/mol. The fraction of sp³-hybridized carbons (Fsp3) is 0.500. The zero-order chi connectivity index (χ0) is 12.3. The molecule has 0 spiro atoms. The first-order valence-corrected chi connectivity index (χ1v) is 5.83. The van der Waals surface area contributed by atoms with Crippen LogP contribution < -0.4 is 11.1 Å². The van der Waals surface area contributed by atoms with Crippen molar-refractivity contribution in [2.75, 3.05) is 32.4 Å². The summed E-state index contributed by atoms with van der Waals surface area (Å²) in [5.74, 6) is 0.437. The van der Waals surface area contributed by atoms with Crippen molar-refractivity contribution in [3.8, 4) is 0 Å². The van der Waals surface area contributed by atoms with Crippen LogP contribution in [0.5, 0.6) is 0 Å². The van der Waals surface area contributed by atoms with Crippen LogP contribution in [-0.4, -0.2) is 42.5 Å². The van der Waals surface area contributed by atoms with Gasteiger partial charge in [0, 0.05) is 19.3 Å². The SMILES string of the molecule is CN1CCC(CNC(=O)c2ccncc2N)C1. The molecule has 0 saturated carbocycles. The molecule has 1 fully saturated rings. The van der Waals surface area contributed by atoms with Gasteiger partial charge in [0.2, 0.25) is 0 Å². The first kappa shape index (κ1) is 11.9. The predicted molar refractivity (Wildman–Crippen MR) is 66.6 cm³/mol. The maximum atomic E-state index is 11.9. The fourth-order valence-corrected chi connectivity index (χ4v) is 2.14. The van der Waals surface area contributed by atoms with Gasteiger partial charge in [0.1, 0.15) is 0 Å². The number of hydrogen-bond acceptors (Lipinski definition) is 4. The van der Waals surface area contributed by atoms with Gasteiger partial charge in [-0.15, -0.1) is 0 Å². The van der Waals surface area contributed by atoms with Crippen molar-refractivity contribution in [2.24, 2.45) is 5.92 Å². The van der Waals surface area contributed by atoms with Crippen molar-refractivity contribution < 1.29 is 4.79 Å². The van der Waals surface area contributed by atoms with Gasteiger partial charge in [-0.25, -0.2) is 0 Å². The Morgan fingerprint density at radius 3 is 3.18 bits per heavy atom. The minimum atomic E-state index is -0.112. The molecule has 1 atom stereocenters. The maximum absolute atomic E-state index is 11.9. The molecular weight excluding hydrogens is 216 g/mol. The van der Waals surface area contributed by atoms with E-state index in [1.54, 1.807) is 12.3 Å². The van der Waals surface area contributed by atoms with Gasteiger partial charge < -0.3 is 16.0 Å². The van der Waals surface area contributed by atoms with Gasteiger partial charge in [0.15, 0.2) is 0 Å². The molecule has 0 bridgehead atoms. The second kappa shape index (κ2) is 5.14. The first-order valence-electron chi connectivity index (χ1n) is 5.83. The largest absolute Gasteiger partial charge is 0.397 e. The lowest BCUT2D eigenvalue weighted by Crippen LogP contribution is -2.30. The predicted octanol–water partition coefficient (Wildman–Crippen LogP) is 0.345. The van der Waals surface area contributed by atoms with Crippen LogP contribution in [0.15, 0.2) is 18.5 Å². The molecule has 1 unspecified atom stereocenters.